The molecule has 1 saturated carbocycles. The van der Waals surface area contributed by atoms with Crippen molar-refractivity contribution in [2.45, 2.75) is 31.6 Å². The van der Waals surface area contributed by atoms with Crippen LogP contribution in [-0.4, -0.2) is 55.7 Å². The Bertz CT molecular complexity index is 700. The molecule has 8 heteroatoms. The highest BCUT2D eigenvalue weighted by Crippen LogP contribution is 2.34. The van der Waals surface area contributed by atoms with Gasteiger partial charge < -0.3 is 14.4 Å². The van der Waals surface area contributed by atoms with E-state index in [0.29, 0.717) is 10.7 Å². The molecule has 1 aliphatic heterocycles. The second-order valence-corrected chi connectivity index (χ2v) is 6.87. The first-order valence-corrected chi connectivity index (χ1v) is 8.82. The molecule has 2 fully saturated rings. The van der Waals surface area contributed by atoms with Crippen LogP contribution in [0.25, 0.3) is 0 Å². The molecule has 0 N–H and O–H groups in total. The van der Waals surface area contributed by atoms with Crippen LogP contribution in [0.15, 0.2) is 24.3 Å². The van der Waals surface area contributed by atoms with E-state index in [2.05, 4.69) is 0 Å². The Hall–Kier alpha value is -1.96. The van der Waals surface area contributed by atoms with E-state index in [1.165, 1.54) is 19.1 Å². The van der Waals surface area contributed by atoms with Crippen LogP contribution in [0.3, 0.4) is 0 Å². The van der Waals surface area contributed by atoms with Crippen molar-refractivity contribution in [2.24, 2.45) is 5.92 Å². The molecule has 1 unspecified atom stereocenters. The molecule has 26 heavy (non-hydrogen) atoms. The van der Waals surface area contributed by atoms with Gasteiger partial charge >= 0.3 is 0 Å². The monoisotopic (exact) mass is 380 g/mol. The van der Waals surface area contributed by atoms with Gasteiger partial charge in [0.2, 0.25) is 11.8 Å². The van der Waals surface area contributed by atoms with E-state index in [1.807, 2.05) is 0 Å². The van der Waals surface area contributed by atoms with Gasteiger partial charge in [0, 0.05) is 25.2 Å². The molecule has 7 nitrogen and oxygen atoms in total. The van der Waals surface area contributed by atoms with Gasteiger partial charge in [-0.05, 0) is 37.1 Å². The van der Waals surface area contributed by atoms with Crippen LogP contribution >= 0.6 is 11.6 Å². The minimum absolute atomic E-state index is 0.0555. The minimum Gasteiger partial charge on any atom is -0.354 e. The number of nitrogens with zero attached hydrogens (tertiary/aromatic N) is 2. The Balaban J connectivity index is 1.84. The van der Waals surface area contributed by atoms with E-state index < -0.39 is 18.2 Å². The number of hydrogen-bond donors (Lipinski definition) is 0. The van der Waals surface area contributed by atoms with Crippen LogP contribution in [0.5, 0.6) is 0 Å². The zero-order valence-electron chi connectivity index (χ0n) is 14.7. The average Bonchev–Trinajstić information content (AvgIpc) is 3.43. The van der Waals surface area contributed by atoms with E-state index in [-0.39, 0.29) is 30.7 Å². The highest BCUT2D eigenvalue weighted by atomic mass is 35.5. The van der Waals surface area contributed by atoms with Crippen molar-refractivity contribution in [1.82, 2.24) is 4.90 Å². The smallest absolute Gasteiger partial charge is 0.257 e. The lowest BCUT2D eigenvalue weighted by molar-refractivity contribution is -0.153. The van der Waals surface area contributed by atoms with Crippen molar-refractivity contribution in [2.75, 3.05) is 25.7 Å². The fourth-order valence-corrected chi connectivity index (χ4v) is 3.19. The van der Waals surface area contributed by atoms with Crippen molar-refractivity contribution in [1.29, 1.82) is 0 Å². The van der Waals surface area contributed by atoms with Crippen molar-refractivity contribution in [3.63, 3.8) is 0 Å². The summed E-state index contributed by atoms with van der Waals surface area (Å²) in [6.45, 7) is 0.0977. The van der Waals surface area contributed by atoms with Crippen LogP contribution in [0.4, 0.5) is 5.69 Å². The first-order valence-electron chi connectivity index (χ1n) is 8.44. The molecule has 0 bridgehead atoms. The van der Waals surface area contributed by atoms with Gasteiger partial charge in [-0.3, -0.25) is 14.4 Å². The van der Waals surface area contributed by atoms with Crippen LogP contribution in [0, 0.1) is 5.92 Å². The average molecular weight is 381 g/mol. The van der Waals surface area contributed by atoms with Gasteiger partial charge in [0.15, 0.2) is 6.29 Å². The van der Waals surface area contributed by atoms with Crippen molar-refractivity contribution >= 4 is 35.0 Å². The molecule has 1 aromatic rings. The zero-order valence-corrected chi connectivity index (χ0v) is 15.4. The standard InChI is InChI=1S/C18H21ClN2O5/c1-25-16(26-2)10-20(17(23)11-3-4-11)14-9-15(22)21(18(14)24)13-7-5-12(19)6-8-13/h5-8,11,14,16H,3-4,9-10H2,1-2H3. The molecular formula is C18H21ClN2O5. The number of amides is 3. The Kier molecular flexibility index (Phi) is 5.60. The SMILES string of the molecule is COC(CN(C(=O)C1CC1)C1CC(=O)N(c2ccc(Cl)cc2)C1=O)OC. The predicted molar refractivity (Wildman–Crippen MR) is 94.6 cm³/mol. The topological polar surface area (TPSA) is 76.2 Å². The van der Waals surface area contributed by atoms with Gasteiger partial charge in [-0.15, -0.1) is 0 Å². The molecule has 0 aromatic heterocycles. The molecule has 0 radical (unpaired) electrons. The first-order chi connectivity index (χ1) is 12.5. The van der Waals surface area contributed by atoms with E-state index in [0.717, 1.165) is 17.7 Å². The van der Waals surface area contributed by atoms with Crippen molar-refractivity contribution in [3.05, 3.63) is 29.3 Å². The number of carbonyl (C=O) groups excluding carboxylic acids is 3. The third-order valence-corrected chi connectivity index (χ3v) is 4.92. The lowest BCUT2D eigenvalue weighted by Crippen LogP contribution is -2.49. The second-order valence-electron chi connectivity index (χ2n) is 6.43. The van der Waals surface area contributed by atoms with E-state index >= 15 is 0 Å². The molecule has 1 atom stereocenters. The summed E-state index contributed by atoms with van der Waals surface area (Å²) in [4.78, 5) is 40.7. The molecule has 1 aromatic carbocycles. The molecule has 140 valence electrons. The number of benzene rings is 1. The predicted octanol–water partition coefficient (Wildman–Crippen LogP) is 1.83. The highest BCUT2D eigenvalue weighted by Gasteiger charge is 2.47. The molecule has 3 rings (SSSR count). The fourth-order valence-electron chi connectivity index (χ4n) is 3.06. The lowest BCUT2D eigenvalue weighted by Gasteiger charge is -2.30. The number of methoxy groups -OCH3 is 2. The van der Waals surface area contributed by atoms with E-state index in [1.54, 1.807) is 24.3 Å². The summed E-state index contributed by atoms with van der Waals surface area (Å²) in [5, 5.41) is 0.512. The number of halogens is 1. The quantitative estimate of drug-likeness (QED) is 0.533. The number of carbonyl (C=O) groups is 3. The summed E-state index contributed by atoms with van der Waals surface area (Å²) in [6.07, 6.45) is 0.885. The first kappa shape index (κ1) is 18.8. The van der Waals surface area contributed by atoms with Crippen molar-refractivity contribution < 1.29 is 23.9 Å². The van der Waals surface area contributed by atoms with Gasteiger partial charge in [0.05, 0.1) is 18.7 Å². The Morgan fingerprint density at radius 2 is 1.85 bits per heavy atom. The Morgan fingerprint density at radius 3 is 2.38 bits per heavy atom. The highest BCUT2D eigenvalue weighted by molar-refractivity contribution is 6.30. The molecular weight excluding hydrogens is 360 g/mol. The maximum absolute atomic E-state index is 12.9. The number of imide groups is 1. The molecule has 1 saturated heterocycles. The summed E-state index contributed by atoms with van der Waals surface area (Å²) >= 11 is 5.87. The maximum atomic E-state index is 12.9. The molecule has 0 spiro atoms. The molecule has 3 amide bonds. The van der Waals surface area contributed by atoms with Crippen molar-refractivity contribution in [3.8, 4) is 0 Å². The molecule has 1 heterocycles. The maximum Gasteiger partial charge on any atom is 0.257 e. The largest absolute Gasteiger partial charge is 0.354 e. The summed E-state index contributed by atoms with van der Waals surface area (Å²) in [7, 11) is 2.94. The number of anilines is 1. The zero-order chi connectivity index (χ0) is 18.8. The molecule has 1 aliphatic carbocycles. The lowest BCUT2D eigenvalue weighted by atomic mass is 10.1. The van der Waals surface area contributed by atoms with Crippen LogP contribution in [-0.2, 0) is 23.9 Å². The number of hydrogen-bond acceptors (Lipinski definition) is 5. The molecule has 2 aliphatic rings. The van der Waals surface area contributed by atoms with Crippen LogP contribution < -0.4 is 4.90 Å². The van der Waals surface area contributed by atoms with Gasteiger partial charge in [-0.1, -0.05) is 11.6 Å². The summed E-state index contributed by atoms with van der Waals surface area (Å²) in [5.74, 6) is -0.982. The minimum atomic E-state index is -0.848. The Labute approximate surface area is 156 Å². The van der Waals surface area contributed by atoms with Gasteiger partial charge in [0.1, 0.15) is 6.04 Å². The third-order valence-electron chi connectivity index (χ3n) is 4.67. The van der Waals surface area contributed by atoms with Crippen LogP contribution in [0.1, 0.15) is 19.3 Å². The van der Waals surface area contributed by atoms with Gasteiger partial charge in [0.25, 0.3) is 5.91 Å². The fraction of sp³-hybridized carbons (Fsp3) is 0.500. The summed E-state index contributed by atoms with van der Waals surface area (Å²) < 4.78 is 10.4. The van der Waals surface area contributed by atoms with E-state index in [4.69, 9.17) is 21.1 Å². The summed E-state index contributed by atoms with van der Waals surface area (Å²) in [6, 6.07) is 5.61. The van der Waals surface area contributed by atoms with Gasteiger partial charge in [-0.25, -0.2) is 4.90 Å². The summed E-state index contributed by atoms with van der Waals surface area (Å²) in [5.41, 5.74) is 0.445. The van der Waals surface area contributed by atoms with Crippen LogP contribution in [0.2, 0.25) is 5.02 Å². The number of rotatable bonds is 7. The van der Waals surface area contributed by atoms with Gasteiger partial charge in [-0.2, -0.15) is 0 Å². The second kappa shape index (κ2) is 7.73. The van der Waals surface area contributed by atoms with E-state index in [9.17, 15) is 14.4 Å². The Morgan fingerprint density at radius 1 is 1.23 bits per heavy atom. The third kappa shape index (κ3) is 3.75. The number of ether oxygens (including phenoxy) is 2. The normalized spacial score (nSPS) is 20.2.